The number of aliphatic hydroxyl groups excluding tert-OH is 1. The van der Waals surface area contributed by atoms with Gasteiger partial charge >= 0.3 is 0 Å². The lowest BCUT2D eigenvalue weighted by atomic mass is 10.3. The summed E-state index contributed by atoms with van der Waals surface area (Å²) >= 11 is 1.62. The number of rotatable bonds is 7. The third-order valence-corrected chi connectivity index (χ3v) is 4.43. The summed E-state index contributed by atoms with van der Waals surface area (Å²) in [6.45, 7) is 2.78. The van der Waals surface area contributed by atoms with Crippen LogP contribution in [0.3, 0.4) is 0 Å². The molecule has 0 radical (unpaired) electrons. The average Bonchev–Trinajstić information content (AvgIpc) is 3.19. The summed E-state index contributed by atoms with van der Waals surface area (Å²) in [7, 11) is 0. The monoisotopic (exact) mass is 344 g/mol. The van der Waals surface area contributed by atoms with Crippen molar-refractivity contribution in [1.82, 2.24) is 14.9 Å². The van der Waals surface area contributed by atoms with Gasteiger partial charge in [-0.25, -0.2) is 4.98 Å². The van der Waals surface area contributed by atoms with E-state index in [2.05, 4.69) is 15.6 Å². The molecule has 1 unspecified atom stereocenters. The minimum atomic E-state index is -0.495. The third kappa shape index (κ3) is 3.93. The fourth-order valence-corrected chi connectivity index (χ4v) is 3.05. The fourth-order valence-electron chi connectivity index (χ4n) is 2.41. The van der Waals surface area contributed by atoms with Crippen LogP contribution in [0.25, 0.3) is 11.0 Å². The smallest absolute Gasteiger partial charge is 0.240 e. The molecule has 0 aliphatic rings. The first kappa shape index (κ1) is 16.5. The third-order valence-electron chi connectivity index (χ3n) is 3.55. The number of thiophene rings is 1. The molecule has 6 nitrogen and oxygen atoms in total. The van der Waals surface area contributed by atoms with Crippen molar-refractivity contribution in [3.05, 3.63) is 46.7 Å². The van der Waals surface area contributed by atoms with Gasteiger partial charge in [0.2, 0.25) is 11.9 Å². The van der Waals surface area contributed by atoms with Crippen molar-refractivity contribution in [2.45, 2.75) is 26.1 Å². The summed E-state index contributed by atoms with van der Waals surface area (Å²) in [6.07, 6.45) is -0.495. The van der Waals surface area contributed by atoms with Crippen LogP contribution in [0.4, 0.5) is 5.95 Å². The lowest BCUT2D eigenvalue weighted by Crippen LogP contribution is -2.28. The Hall–Kier alpha value is -2.38. The van der Waals surface area contributed by atoms with Crippen molar-refractivity contribution in [1.29, 1.82) is 0 Å². The number of carbonyl (C=O) groups is 1. The van der Waals surface area contributed by atoms with E-state index in [9.17, 15) is 9.90 Å². The van der Waals surface area contributed by atoms with Crippen LogP contribution in [0.5, 0.6) is 0 Å². The molecule has 2 heterocycles. The summed E-state index contributed by atoms with van der Waals surface area (Å²) in [5, 5.41) is 17.5. The summed E-state index contributed by atoms with van der Waals surface area (Å²) in [5.74, 6) is 0.509. The highest BCUT2D eigenvalue weighted by Gasteiger charge is 2.13. The van der Waals surface area contributed by atoms with Crippen molar-refractivity contribution in [2.24, 2.45) is 0 Å². The molecule has 0 saturated heterocycles. The lowest BCUT2D eigenvalue weighted by molar-refractivity contribution is -0.121. The second-order valence-corrected chi connectivity index (χ2v) is 6.63. The van der Waals surface area contributed by atoms with Gasteiger partial charge in [-0.05, 0) is 30.5 Å². The molecule has 1 atom stereocenters. The number of hydrogen-bond donors (Lipinski definition) is 3. The van der Waals surface area contributed by atoms with Crippen molar-refractivity contribution >= 4 is 34.2 Å². The van der Waals surface area contributed by atoms with Crippen LogP contribution in [0.2, 0.25) is 0 Å². The van der Waals surface area contributed by atoms with Gasteiger partial charge in [0, 0.05) is 11.4 Å². The van der Waals surface area contributed by atoms with Gasteiger partial charge in [-0.3, -0.25) is 4.79 Å². The van der Waals surface area contributed by atoms with Gasteiger partial charge < -0.3 is 20.3 Å². The number of anilines is 1. The van der Waals surface area contributed by atoms with E-state index in [0.29, 0.717) is 19.0 Å². The van der Waals surface area contributed by atoms with E-state index in [1.807, 2.05) is 46.3 Å². The van der Waals surface area contributed by atoms with E-state index in [0.717, 1.165) is 15.9 Å². The predicted octanol–water partition coefficient (Wildman–Crippen LogP) is 2.21. The first-order valence-electron chi connectivity index (χ1n) is 7.80. The highest BCUT2D eigenvalue weighted by molar-refractivity contribution is 7.09. The van der Waals surface area contributed by atoms with Crippen LogP contribution in [-0.2, 0) is 17.9 Å². The summed E-state index contributed by atoms with van der Waals surface area (Å²) in [6, 6.07) is 11.6. The molecular weight excluding hydrogens is 324 g/mol. The molecule has 24 heavy (non-hydrogen) atoms. The van der Waals surface area contributed by atoms with E-state index >= 15 is 0 Å². The first-order chi connectivity index (χ1) is 11.6. The first-order valence-corrected chi connectivity index (χ1v) is 8.67. The van der Waals surface area contributed by atoms with Gasteiger partial charge in [-0.2, -0.15) is 0 Å². The van der Waals surface area contributed by atoms with Gasteiger partial charge in [0.05, 0.1) is 23.7 Å². The van der Waals surface area contributed by atoms with Crippen LogP contribution in [0, 0.1) is 0 Å². The second kappa shape index (κ2) is 7.46. The Balaban J connectivity index is 1.75. The number of para-hydroxylation sites is 2. The van der Waals surface area contributed by atoms with Gasteiger partial charge in [0.25, 0.3) is 0 Å². The summed E-state index contributed by atoms with van der Waals surface area (Å²) in [4.78, 5) is 17.9. The van der Waals surface area contributed by atoms with Crippen LogP contribution in [-0.4, -0.2) is 33.2 Å². The van der Waals surface area contributed by atoms with Crippen molar-refractivity contribution in [3.63, 3.8) is 0 Å². The van der Waals surface area contributed by atoms with Crippen molar-refractivity contribution in [3.8, 4) is 0 Å². The maximum absolute atomic E-state index is 12.3. The average molecular weight is 344 g/mol. The van der Waals surface area contributed by atoms with Crippen molar-refractivity contribution < 1.29 is 9.90 Å². The number of nitrogens with one attached hydrogen (secondary N) is 2. The molecule has 126 valence electrons. The quantitative estimate of drug-likeness (QED) is 0.614. The molecule has 0 fully saturated rings. The molecule has 7 heteroatoms. The van der Waals surface area contributed by atoms with E-state index < -0.39 is 6.10 Å². The molecular formula is C17H20N4O2S. The Morgan fingerprint density at radius 3 is 2.92 bits per heavy atom. The molecule has 0 aliphatic heterocycles. The zero-order valence-electron chi connectivity index (χ0n) is 13.4. The Labute approximate surface area is 144 Å². The van der Waals surface area contributed by atoms with Gasteiger partial charge in [0.1, 0.15) is 6.54 Å². The van der Waals surface area contributed by atoms with E-state index in [4.69, 9.17) is 0 Å². The largest absolute Gasteiger partial charge is 0.392 e. The van der Waals surface area contributed by atoms with E-state index in [-0.39, 0.29) is 12.5 Å². The predicted molar refractivity (Wildman–Crippen MR) is 96.1 cm³/mol. The fraction of sp³-hybridized carbons (Fsp3) is 0.294. The molecule has 3 N–H and O–H groups in total. The van der Waals surface area contributed by atoms with Gasteiger partial charge in [-0.1, -0.05) is 18.2 Å². The number of imidazole rings is 1. The molecule has 3 aromatic rings. The zero-order valence-corrected chi connectivity index (χ0v) is 14.2. The molecule has 3 rings (SSSR count). The maximum Gasteiger partial charge on any atom is 0.240 e. The Morgan fingerprint density at radius 2 is 2.17 bits per heavy atom. The zero-order chi connectivity index (χ0) is 16.9. The molecule has 0 saturated carbocycles. The highest BCUT2D eigenvalue weighted by atomic mass is 32.1. The number of nitrogens with zero attached hydrogens (tertiary/aromatic N) is 2. The standard InChI is InChI=1S/C17H20N4O2S/c1-12(22)9-19-17-20-14-6-2-3-7-15(14)21(17)11-16(23)18-10-13-5-4-8-24-13/h2-8,12,22H,9-11H2,1H3,(H,18,23)(H,19,20). The number of aliphatic hydroxyl groups is 1. The number of fused-ring (bicyclic) bond motifs is 1. The SMILES string of the molecule is CC(O)CNc1nc2ccccc2n1CC(=O)NCc1cccs1. The number of aromatic nitrogens is 2. The molecule has 2 aromatic heterocycles. The van der Waals surface area contributed by atoms with Crippen LogP contribution in [0.15, 0.2) is 41.8 Å². The topological polar surface area (TPSA) is 79.2 Å². The molecule has 0 bridgehead atoms. The number of benzene rings is 1. The maximum atomic E-state index is 12.3. The summed E-state index contributed by atoms with van der Waals surface area (Å²) in [5.41, 5.74) is 1.70. The van der Waals surface area contributed by atoms with Gasteiger partial charge in [0.15, 0.2) is 0 Å². The summed E-state index contributed by atoms with van der Waals surface area (Å²) < 4.78 is 1.83. The Morgan fingerprint density at radius 1 is 1.33 bits per heavy atom. The Bertz CT molecular complexity index is 811. The van der Waals surface area contributed by atoms with E-state index in [1.165, 1.54) is 0 Å². The lowest BCUT2D eigenvalue weighted by Gasteiger charge is -2.12. The molecule has 1 amide bonds. The van der Waals surface area contributed by atoms with Crippen LogP contribution < -0.4 is 10.6 Å². The van der Waals surface area contributed by atoms with Crippen LogP contribution >= 0.6 is 11.3 Å². The number of carbonyl (C=O) groups excluding carboxylic acids is 1. The molecule has 0 aliphatic carbocycles. The minimum absolute atomic E-state index is 0.0772. The molecule has 1 aromatic carbocycles. The number of hydrogen-bond acceptors (Lipinski definition) is 5. The number of amides is 1. The van der Waals surface area contributed by atoms with Gasteiger partial charge in [-0.15, -0.1) is 11.3 Å². The Kier molecular flexibility index (Phi) is 5.12. The minimum Gasteiger partial charge on any atom is -0.392 e. The highest BCUT2D eigenvalue weighted by Crippen LogP contribution is 2.19. The van der Waals surface area contributed by atoms with E-state index in [1.54, 1.807) is 18.3 Å². The normalized spacial score (nSPS) is 12.2. The van der Waals surface area contributed by atoms with Crippen molar-refractivity contribution in [2.75, 3.05) is 11.9 Å². The van der Waals surface area contributed by atoms with Crippen LogP contribution in [0.1, 0.15) is 11.8 Å². The molecule has 0 spiro atoms. The second-order valence-electron chi connectivity index (χ2n) is 5.60.